The second kappa shape index (κ2) is 9.06. The van der Waals surface area contributed by atoms with Crippen molar-refractivity contribution < 1.29 is 14.3 Å². The van der Waals surface area contributed by atoms with E-state index < -0.39 is 5.97 Å². The molecule has 0 saturated heterocycles. The number of carbonyl (C=O) groups is 1. The monoisotopic (exact) mass is 440 g/mol. The van der Waals surface area contributed by atoms with Gasteiger partial charge in [0.25, 0.3) is 0 Å². The number of fused-ring (bicyclic) bond motifs is 1. The first kappa shape index (κ1) is 20.1. The van der Waals surface area contributed by atoms with Gasteiger partial charge in [0.2, 0.25) is 5.88 Å². The number of halogens is 1. The summed E-state index contributed by atoms with van der Waals surface area (Å²) in [5.74, 6) is 1.16. The molecule has 4 rings (SSSR count). The fraction of sp³-hybridized carbons (Fsp3) is 0.143. The Bertz CT molecular complexity index is 1160. The van der Waals surface area contributed by atoms with Crippen LogP contribution in [0.15, 0.2) is 54.3 Å². The quantitative estimate of drug-likeness (QED) is 0.331. The molecule has 30 heavy (non-hydrogen) atoms. The molecule has 0 aliphatic rings. The van der Waals surface area contributed by atoms with Gasteiger partial charge in [-0.05, 0) is 30.2 Å². The Labute approximate surface area is 181 Å². The third kappa shape index (κ3) is 4.50. The van der Waals surface area contributed by atoms with Gasteiger partial charge in [0.1, 0.15) is 22.7 Å². The Balaban J connectivity index is 1.33. The first-order valence-corrected chi connectivity index (χ1v) is 10.3. The molecule has 3 aromatic heterocycles. The summed E-state index contributed by atoms with van der Waals surface area (Å²) in [5.41, 5.74) is 1.45. The molecule has 0 spiro atoms. The molecule has 0 unspecified atom stereocenters. The van der Waals surface area contributed by atoms with Crippen LogP contribution < -0.4 is 14.8 Å². The Morgan fingerprint density at radius 2 is 1.97 bits per heavy atom. The van der Waals surface area contributed by atoms with Gasteiger partial charge in [-0.25, -0.2) is 19.7 Å². The number of nitrogens with one attached hydrogen (secondary N) is 1. The highest BCUT2D eigenvalue weighted by Crippen LogP contribution is 2.32. The van der Waals surface area contributed by atoms with Crippen LogP contribution >= 0.6 is 22.9 Å². The van der Waals surface area contributed by atoms with E-state index in [9.17, 15) is 4.79 Å². The summed E-state index contributed by atoms with van der Waals surface area (Å²) in [4.78, 5) is 25.6. The number of hydrogen-bond acceptors (Lipinski definition) is 8. The van der Waals surface area contributed by atoms with Crippen molar-refractivity contribution >= 4 is 44.9 Å². The van der Waals surface area contributed by atoms with Crippen molar-refractivity contribution in [2.24, 2.45) is 0 Å². The average molecular weight is 441 g/mol. The standard InChI is InChI=1S/C21H17ClN4O3S/c1-28-17-7-4-14(10-24-17)21(27)29-15-5-2-13(3-6-15)8-9-23-19-18-16(22)11-30-20(18)26-12-25-19/h2-7,10-12H,8-9H2,1H3,(H,23,25,26). The van der Waals surface area contributed by atoms with E-state index in [1.807, 2.05) is 17.5 Å². The lowest BCUT2D eigenvalue weighted by atomic mass is 10.1. The van der Waals surface area contributed by atoms with Crippen LogP contribution in [0, 0.1) is 0 Å². The molecule has 7 nitrogen and oxygen atoms in total. The van der Waals surface area contributed by atoms with Crippen molar-refractivity contribution in [3.05, 3.63) is 70.5 Å². The van der Waals surface area contributed by atoms with Gasteiger partial charge in [0.05, 0.1) is 23.1 Å². The van der Waals surface area contributed by atoms with Crippen molar-refractivity contribution in [3.63, 3.8) is 0 Å². The smallest absolute Gasteiger partial charge is 0.345 e. The van der Waals surface area contributed by atoms with Gasteiger partial charge in [-0.1, -0.05) is 23.7 Å². The Morgan fingerprint density at radius 1 is 1.13 bits per heavy atom. The van der Waals surface area contributed by atoms with E-state index in [1.54, 1.807) is 24.3 Å². The SMILES string of the molecule is COc1ccc(C(=O)Oc2ccc(CCNc3ncnc4scc(Cl)c34)cc2)cn1. The second-order valence-electron chi connectivity index (χ2n) is 6.29. The second-order valence-corrected chi connectivity index (χ2v) is 7.55. The van der Waals surface area contributed by atoms with Gasteiger partial charge < -0.3 is 14.8 Å². The van der Waals surface area contributed by atoms with Crippen LogP contribution in [0.3, 0.4) is 0 Å². The number of nitrogens with zero attached hydrogens (tertiary/aromatic N) is 3. The Kier molecular flexibility index (Phi) is 6.06. The molecule has 0 saturated carbocycles. The first-order chi connectivity index (χ1) is 14.6. The average Bonchev–Trinajstić information content (AvgIpc) is 3.17. The van der Waals surface area contributed by atoms with E-state index in [2.05, 4.69) is 20.3 Å². The predicted molar refractivity (Wildman–Crippen MR) is 117 cm³/mol. The number of thiophene rings is 1. The number of hydrogen-bond donors (Lipinski definition) is 1. The molecule has 1 aromatic carbocycles. The van der Waals surface area contributed by atoms with E-state index in [4.69, 9.17) is 21.1 Å². The van der Waals surface area contributed by atoms with Gasteiger partial charge in [0, 0.05) is 24.2 Å². The molecule has 0 aliphatic carbocycles. The van der Waals surface area contributed by atoms with Crippen LogP contribution in [0.1, 0.15) is 15.9 Å². The summed E-state index contributed by atoms with van der Waals surface area (Å²) >= 11 is 7.72. The van der Waals surface area contributed by atoms with Crippen molar-refractivity contribution in [1.82, 2.24) is 15.0 Å². The highest BCUT2D eigenvalue weighted by Gasteiger charge is 2.11. The summed E-state index contributed by atoms with van der Waals surface area (Å²) < 4.78 is 10.4. The van der Waals surface area contributed by atoms with Gasteiger partial charge in [0.15, 0.2) is 0 Å². The van der Waals surface area contributed by atoms with E-state index in [1.165, 1.54) is 31.0 Å². The molecule has 9 heteroatoms. The molecule has 0 fully saturated rings. The number of ether oxygens (including phenoxy) is 2. The Morgan fingerprint density at radius 3 is 2.70 bits per heavy atom. The zero-order chi connectivity index (χ0) is 20.9. The maximum absolute atomic E-state index is 12.2. The number of esters is 1. The molecular weight excluding hydrogens is 424 g/mol. The fourth-order valence-corrected chi connectivity index (χ4v) is 3.95. The van der Waals surface area contributed by atoms with E-state index in [0.29, 0.717) is 28.8 Å². The lowest BCUT2D eigenvalue weighted by Gasteiger charge is -2.08. The van der Waals surface area contributed by atoms with Crippen LogP contribution in [-0.4, -0.2) is 34.6 Å². The van der Waals surface area contributed by atoms with Gasteiger partial charge in [-0.2, -0.15) is 0 Å². The summed E-state index contributed by atoms with van der Waals surface area (Å²) in [5, 5.41) is 6.66. The van der Waals surface area contributed by atoms with Gasteiger partial charge >= 0.3 is 5.97 Å². The number of aromatic nitrogens is 3. The minimum atomic E-state index is -0.472. The zero-order valence-corrected chi connectivity index (χ0v) is 17.5. The number of methoxy groups -OCH3 is 1. The minimum absolute atomic E-state index is 0.354. The first-order valence-electron chi connectivity index (χ1n) is 9.07. The highest BCUT2D eigenvalue weighted by molar-refractivity contribution is 7.17. The van der Waals surface area contributed by atoms with Crippen LogP contribution in [-0.2, 0) is 6.42 Å². The Hall–Kier alpha value is -3.23. The van der Waals surface area contributed by atoms with Crippen LogP contribution in [0.5, 0.6) is 11.6 Å². The van der Waals surface area contributed by atoms with Crippen LogP contribution in [0.2, 0.25) is 5.02 Å². The zero-order valence-electron chi connectivity index (χ0n) is 16.0. The molecule has 152 valence electrons. The number of pyridine rings is 1. The van der Waals surface area contributed by atoms with E-state index >= 15 is 0 Å². The third-order valence-corrected chi connectivity index (χ3v) is 5.66. The topological polar surface area (TPSA) is 86.2 Å². The number of anilines is 1. The summed E-state index contributed by atoms with van der Waals surface area (Å²) in [6.45, 7) is 0.676. The van der Waals surface area contributed by atoms with E-state index in [0.717, 1.165) is 28.0 Å². The summed E-state index contributed by atoms with van der Waals surface area (Å²) in [7, 11) is 1.52. The molecule has 0 amide bonds. The van der Waals surface area contributed by atoms with Gasteiger partial charge in [-0.15, -0.1) is 11.3 Å². The van der Waals surface area contributed by atoms with E-state index in [-0.39, 0.29) is 0 Å². The summed E-state index contributed by atoms with van der Waals surface area (Å²) in [6, 6.07) is 10.6. The van der Waals surface area contributed by atoms with Crippen molar-refractivity contribution in [3.8, 4) is 11.6 Å². The molecule has 3 heterocycles. The minimum Gasteiger partial charge on any atom is -0.481 e. The number of rotatable bonds is 7. The van der Waals surface area contributed by atoms with Crippen LogP contribution in [0.4, 0.5) is 5.82 Å². The highest BCUT2D eigenvalue weighted by atomic mass is 35.5. The fourth-order valence-electron chi connectivity index (χ4n) is 2.81. The molecule has 1 N–H and O–H groups in total. The molecule has 0 bridgehead atoms. The largest absolute Gasteiger partial charge is 0.481 e. The maximum atomic E-state index is 12.2. The van der Waals surface area contributed by atoms with Crippen molar-refractivity contribution in [2.45, 2.75) is 6.42 Å². The third-order valence-electron chi connectivity index (χ3n) is 4.35. The van der Waals surface area contributed by atoms with Gasteiger partial charge in [-0.3, -0.25) is 0 Å². The number of carbonyl (C=O) groups excluding carboxylic acids is 1. The molecule has 0 aliphatic heterocycles. The molecular formula is C21H17ClN4O3S. The number of benzene rings is 1. The van der Waals surface area contributed by atoms with Crippen LogP contribution in [0.25, 0.3) is 10.2 Å². The maximum Gasteiger partial charge on any atom is 0.345 e. The molecule has 0 radical (unpaired) electrons. The lowest BCUT2D eigenvalue weighted by molar-refractivity contribution is 0.0734. The molecule has 0 atom stereocenters. The summed E-state index contributed by atoms with van der Waals surface area (Å²) in [6.07, 6.45) is 3.72. The van der Waals surface area contributed by atoms with Crippen molar-refractivity contribution in [2.75, 3.05) is 19.0 Å². The normalized spacial score (nSPS) is 10.7. The predicted octanol–water partition coefficient (Wildman–Crippen LogP) is 4.62. The lowest BCUT2D eigenvalue weighted by Crippen LogP contribution is -2.09. The van der Waals surface area contributed by atoms with Crippen molar-refractivity contribution in [1.29, 1.82) is 0 Å². The molecule has 4 aromatic rings.